The Labute approximate surface area is 163 Å². The molecule has 0 rings (SSSR count). The standard InChI is InChI=1S/C18H39N7O2/c1-16(19)9-13-21-10-6-7-12-23-18(27)14-24-17(26)8-4-2-3-5-11-22-15-25-20/h15-16,21H,2-14,19-20H2,1H3,(H,22,25)(H,23,27)(H,24,26)/t16-/m1/s1. The van der Waals surface area contributed by atoms with Crippen molar-refractivity contribution in [2.75, 3.05) is 32.7 Å². The van der Waals surface area contributed by atoms with Gasteiger partial charge < -0.3 is 27.1 Å². The molecule has 9 nitrogen and oxygen atoms in total. The topological polar surface area (TPSA) is 147 Å². The van der Waals surface area contributed by atoms with Crippen LogP contribution in [-0.2, 0) is 9.59 Å². The van der Waals surface area contributed by atoms with E-state index in [0.29, 0.717) is 13.0 Å². The predicted octanol–water partition coefficient (Wildman–Crippen LogP) is -0.232. The highest BCUT2D eigenvalue weighted by Gasteiger charge is 2.05. The molecule has 0 spiro atoms. The first-order valence-corrected chi connectivity index (χ1v) is 10.0. The summed E-state index contributed by atoms with van der Waals surface area (Å²) in [4.78, 5) is 27.4. The highest BCUT2D eigenvalue weighted by molar-refractivity contribution is 5.84. The average molecular weight is 386 g/mol. The number of carbonyl (C=O) groups is 2. The molecule has 0 saturated carbocycles. The van der Waals surface area contributed by atoms with Crippen LogP contribution in [0.25, 0.3) is 0 Å². The molecule has 0 saturated heterocycles. The molecule has 0 fully saturated rings. The van der Waals surface area contributed by atoms with Crippen molar-refractivity contribution in [3.8, 4) is 0 Å². The first-order chi connectivity index (χ1) is 13.1. The van der Waals surface area contributed by atoms with Crippen LogP contribution in [0, 0.1) is 0 Å². The van der Waals surface area contributed by atoms with Crippen LogP contribution in [0.2, 0.25) is 0 Å². The van der Waals surface area contributed by atoms with Gasteiger partial charge >= 0.3 is 0 Å². The van der Waals surface area contributed by atoms with Gasteiger partial charge in [-0.3, -0.25) is 14.6 Å². The molecule has 0 aliphatic heterocycles. The maximum absolute atomic E-state index is 11.7. The van der Waals surface area contributed by atoms with Crippen LogP contribution in [0.4, 0.5) is 0 Å². The second-order valence-corrected chi connectivity index (χ2v) is 6.72. The lowest BCUT2D eigenvalue weighted by Crippen LogP contribution is -2.37. The van der Waals surface area contributed by atoms with Crippen molar-refractivity contribution >= 4 is 18.2 Å². The summed E-state index contributed by atoms with van der Waals surface area (Å²) >= 11 is 0. The van der Waals surface area contributed by atoms with Crippen LogP contribution >= 0.6 is 0 Å². The molecule has 27 heavy (non-hydrogen) atoms. The molecule has 8 N–H and O–H groups in total. The Hall–Kier alpha value is -1.71. The third-order valence-corrected chi connectivity index (χ3v) is 3.93. The molecule has 2 amide bonds. The number of rotatable bonds is 18. The van der Waals surface area contributed by atoms with Crippen LogP contribution in [0.5, 0.6) is 0 Å². The highest BCUT2D eigenvalue weighted by atomic mass is 16.2. The zero-order valence-electron chi connectivity index (χ0n) is 16.8. The van der Waals surface area contributed by atoms with Gasteiger partial charge in [0.1, 0.15) is 0 Å². The normalized spacial score (nSPS) is 12.1. The lowest BCUT2D eigenvalue weighted by Gasteiger charge is -2.08. The maximum Gasteiger partial charge on any atom is 0.239 e. The van der Waals surface area contributed by atoms with E-state index in [1.54, 1.807) is 0 Å². The van der Waals surface area contributed by atoms with Gasteiger partial charge in [0.05, 0.1) is 12.9 Å². The van der Waals surface area contributed by atoms with E-state index < -0.39 is 0 Å². The minimum Gasteiger partial charge on any atom is -0.355 e. The Morgan fingerprint density at radius 2 is 1.70 bits per heavy atom. The smallest absolute Gasteiger partial charge is 0.239 e. The maximum atomic E-state index is 11.7. The monoisotopic (exact) mass is 385 g/mol. The number of hydrogen-bond donors (Lipinski definition) is 6. The van der Waals surface area contributed by atoms with Crippen LogP contribution in [0.3, 0.4) is 0 Å². The Bertz CT molecular complexity index is 403. The van der Waals surface area contributed by atoms with Gasteiger partial charge in [0, 0.05) is 25.6 Å². The summed E-state index contributed by atoms with van der Waals surface area (Å²) in [6.07, 6.45) is 8.60. The summed E-state index contributed by atoms with van der Waals surface area (Å²) in [7, 11) is 0. The zero-order valence-corrected chi connectivity index (χ0v) is 16.8. The largest absolute Gasteiger partial charge is 0.355 e. The molecule has 0 radical (unpaired) electrons. The van der Waals surface area contributed by atoms with Crippen molar-refractivity contribution in [3.63, 3.8) is 0 Å². The number of amides is 2. The number of hydrogen-bond acceptors (Lipinski definition) is 6. The SMILES string of the molecule is C[C@@H](N)CCNCCCCNC(=O)CNC(=O)CCCCCCN=CNN. The van der Waals surface area contributed by atoms with Gasteiger partial charge in [-0.15, -0.1) is 0 Å². The number of unbranched alkanes of at least 4 members (excludes halogenated alkanes) is 4. The minimum absolute atomic E-state index is 0.0479. The molecule has 9 heteroatoms. The van der Waals surface area contributed by atoms with Crippen molar-refractivity contribution in [2.45, 2.75) is 64.3 Å². The van der Waals surface area contributed by atoms with E-state index in [1.165, 1.54) is 6.34 Å². The van der Waals surface area contributed by atoms with Crippen LogP contribution in [0.15, 0.2) is 4.99 Å². The average Bonchev–Trinajstić information content (AvgIpc) is 2.64. The lowest BCUT2D eigenvalue weighted by molar-refractivity contribution is -0.126. The quantitative estimate of drug-likeness (QED) is 0.0631. The summed E-state index contributed by atoms with van der Waals surface area (Å²) in [5.41, 5.74) is 8.02. The molecule has 0 heterocycles. The number of aliphatic imine (C=N–C) groups is 1. The third kappa shape index (κ3) is 20.5. The van der Waals surface area contributed by atoms with Crippen molar-refractivity contribution in [3.05, 3.63) is 0 Å². The van der Waals surface area contributed by atoms with Gasteiger partial charge in [-0.05, 0) is 52.1 Å². The minimum atomic E-state index is -0.139. The summed E-state index contributed by atoms with van der Waals surface area (Å²) in [6, 6.07) is 0.228. The van der Waals surface area contributed by atoms with Crippen molar-refractivity contribution in [1.82, 2.24) is 21.4 Å². The Morgan fingerprint density at radius 3 is 2.44 bits per heavy atom. The van der Waals surface area contributed by atoms with E-state index in [0.717, 1.165) is 64.6 Å². The summed E-state index contributed by atoms with van der Waals surface area (Å²) in [6.45, 7) is 5.26. The molecule has 0 aliphatic rings. The highest BCUT2D eigenvalue weighted by Crippen LogP contribution is 2.02. The van der Waals surface area contributed by atoms with Crippen molar-refractivity contribution in [2.24, 2.45) is 16.6 Å². The fraction of sp³-hybridized carbons (Fsp3) is 0.833. The Morgan fingerprint density at radius 1 is 0.963 bits per heavy atom. The fourth-order valence-corrected chi connectivity index (χ4v) is 2.35. The molecule has 0 aromatic carbocycles. The fourth-order valence-electron chi connectivity index (χ4n) is 2.35. The van der Waals surface area contributed by atoms with Crippen LogP contribution < -0.4 is 33.0 Å². The summed E-state index contributed by atoms with van der Waals surface area (Å²) in [5.74, 6) is 4.85. The van der Waals surface area contributed by atoms with E-state index in [1.807, 2.05) is 6.92 Å². The Kier molecular flexibility index (Phi) is 17.9. The van der Waals surface area contributed by atoms with Crippen molar-refractivity contribution < 1.29 is 9.59 Å². The van der Waals surface area contributed by atoms with E-state index >= 15 is 0 Å². The molecule has 0 aliphatic carbocycles. The second kappa shape index (κ2) is 19.1. The predicted molar refractivity (Wildman–Crippen MR) is 110 cm³/mol. The molecule has 0 bridgehead atoms. The molecule has 0 unspecified atom stereocenters. The zero-order chi connectivity index (χ0) is 20.2. The first kappa shape index (κ1) is 25.3. The molecule has 0 aromatic rings. The molecular formula is C18H39N7O2. The van der Waals surface area contributed by atoms with Gasteiger partial charge in [-0.25, -0.2) is 5.84 Å². The van der Waals surface area contributed by atoms with Gasteiger partial charge in [0.15, 0.2) is 0 Å². The molecule has 158 valence electrons. The van der Waals surface area contributed by atoms with Crippen LogP contribution in [0.1, 0.15) is 58.3 Å². The number of nitrogens with zero attached hydrogens (tertiary/aromatic N) is 1. The Balaban J connectivity index is 3.38. The molecule has 0 aromatic heterocycles. The number of carbonyl (C=O) groups excluding carboxylic acids is 2. The lowest BCUT2D eigenvalue weighted by atomic mass is 10.1. The van der Waals surface area contributed by atoms with Gasteiger partial charge in [-0.2, -0.15) is 0 Å². The van der Waals surface area contributed by atoms with Crippen molar-refractivity contribution in [1.29, 1.82) is 0 Å². The number of nitrogens with one attached hydrogen (secondary N) is 4. The van der Waals surface area contributed by atoms with E-state index in [-0.39, 0.29) is 24.4 Å². The van der Waals surface area contributed by atoms with Gasteiger partial charge in [0.25, 0.3) is 0 Å². The first-order valence-electron chi connectivity index (χ1n) is 10.0. The summed E-state index contributed by atoms with van der Waals surface area (Å²) in [5, 5.41) is 8.80. The summed E-state index contributed by atoms with van der Waals surface area (Å²) < 4.78 is 0. The van der Waals surface area contributed by atoms with E-state index in [4.69, 9.17) is 11.6 Å². The van der Waals surface area contributed by atoms with Gasteiger partial charge in [0.2, 0.25) is 11.8 Å². The molecule has 1 atom stereocenters. The van der Waals surface area contributed by atoms with E-state index in [9.17, 15) is 9.59 Å². The number of hydrazine groups is 1. The second-order valence-electron chi connectivity index (χ2n) is 6.72. The van der Waals surface area contributed by atoms with E-state index in [2.05, 4.69) is 26.4 Å². The van der Waals surface area contributed by atoms with Gasteiger partial charge in [-0.1, -0.05) is 12.8 Å². The number of nitrogens with two attached hydrogens (primary N) is 2. The van der Waals surface area contributed by atoms with Crippen LogP contribution in [-0.4, -0.2) is 56.9 Å². The third-order valence-electron chi connectivity index (χ3n) is 3.93. The molecular weight excluding hydrogens is 346 g/mol.